The molecule has 1 aliphatic carbocycles. The van der Waals surface area contributed by atoms with Gasteiger partial charge in [-0.1, -0.05) is 13.0 Å². The number of nitrogens with two attached hydrogens (primary N) is 1. The van der Waals surface area contributed by atoms with Crippen molar-refractivity contribution in [2.75, 3.05) is 6.54 Å². The number of hydrogen-bond acceptors (Lipinski definition) is 2. The van der Waals surface area contributed by atoms with E-state index in [4.69, 9.17) is 5.73 Å². The average molecular weight is 273 g/mol. The molecule has 0 spiro atoms. The molecule has 1 aromatic rings. The maximum Gasteiger partial charge on any atom is 0.170 e. The second-order valence-electron chi connectivity index (χ2n) is 6.75. The molecule has 0 aliphatic heterocycles. The van der Waals surface area contributed by atoms with Gasteiger partial charge in [-0.3, -0.25) is 4.79 Å². The molecule has 1 aromatic carbocycles. The lowest BCUT2D eigenvalue weighted by molar-refractivity contribution is 0.0694. The van der Waals surface area contributed by atoms with E-state index in [1.165, 1.54) is 11.1 Å². The monoisotopic (exact) mass is 273 g/mol. The molecule has 1 saturated carbocycles. The Bertz CT molecular complexity index is 510. The van der Waals surface area contributed by atoms with E-state index in [1.807, 2.05) is 6.92 Å². The number of hydrogen-bond donors (Lipinski definition) is 1. The summed E-state index contributed by atoms with van der Waals surface area (Å²) < 4.78 is 0. The SMILES string of the molecule is Cc1cc(C)c(C(=O)C2(CN)CCC(C)CC2)cc1C. The first-order valence-electron chi connectivity index (χ1n) is 7.72. The van der Waals surface area contributed by atoms with Crippen LogP contribution in [0.5, 0.6) is 0 Å². The number of aryl methyl sites for hydroxylation is 3. The van der Waals surface area contributed by atoms with Crippen molar-refractivity contribution in [2.24, 2.45) is 17.1 Å². The van der Waals surface area contributed by atoms with Gasteiger partial charge in [0.15, 0.2) is 5.78 Å². The van der Waals surface area contributed by atoms with Crippen molar-refractivity contribution in [3.8, 4) is 0 Å². The minimum absolute atomic E-state index is 0.271. The molecule has 0 heterocycles. The molecular formula is C18H27NO. The predicted molar refractivity (Wildman–Crippen MR) is 84.1 cm³/mol. The summed E-state index contributed by atoms with van der Waals surface area (Å²) in [4.78, 5) is 13.1. The first kappa shape index (κ1) is 15.2. The van der Waals surface area contributed by atoms with E-state index < -0.39 is 0 Å². The Morgan fingerprint density at radius 1 is 1.15 bits per heavy atom. The van der Waals surface area contributed by atoms with Crippen LogP contribution in [-0.2, 0) is 0 Å². The van der Waals surface area contributed by atoms with Crippen molar-refractivity contribution in [1.82, 2.24) is 0 Å². The molecule has 1 fully saturated rings. The minimum atomic E-state index is -0.320. The van der Waals surface area contributed by atoms with Crippen LogP contribution in [0.3, 0.4) is 0 Å². The first-order chi connectivity index (χ1) is 9.39. The van der Waals surface area contributed by atoms with Gasteiger partial charge in [-0.25, -0.2) is 0 Å². The van der Waals surface area contributed by atoms with E-state index in [0.717, 1.165) is 42.7 Å². The Morgan fingerprint density at radius 2 is 1.70 bits per heavy atom. The van der Waals surface area contributed by atoms with Gasteiger partial charge in [-0.05, 0) is 75.1 Å². The maximum absolute atomic E-state index is 13.1. The fraction of sp³-hybridized carbons (Fsp3) is 0.611. The number of ketones is 1. The molecule has 20 heavy (non-hydrogen) atoms. The number of carbonyl (C=O) groups is 1. The van der Waals surface area contributed by atoms with Gasteiger partial charge in [0, 0.05) is 17.5 Å². The average Bonchev–Trinajstić information content (AvgIpc) is 2.43. The highest BCUT2D eigenvalue weighted by Crippen LogP contribution is 2.41. The fourth-order valence-corrected chi connectivity index (χ4v) is 3.33. The van der Waals surface area contributed by atoms with Crippen molar-refractivity contribution < 1.29 is 4.79 Å². The van der Waals surface area contributed by atoms with Gasteiger partial charge in [-0.15, -0.1) is 0 Å². The van der Waals surface area contributed by atoms with E-state index in [9.17, 15) is 4.79 Å². The van der Waals surface area contributed by atoms with Gasteiger partial charge in [0.1, 0.15) is 0 Å². The fourth-order valence-electron chi connectivity index (χ4n) is 3.33. The first-order valence-corrected chi connectivity index (χ1v) is 7.72. The number of carbonyl (C=O) groups excluding carboxylic acids is 1. The van der Waals surface area contributed by atoms with Gasteiger partial charge in [0.25, 0.3) is 0 Å². The minimum Gasteiger partial charge on any atom is -0.329 e. The Labute approximate surface area is 122 Å². The van der Waals surface area contributed by atoms with Crippen LogP contribution in [0, 0.1) is 32.1 Å². The van der Waals surface area contributed by atoms with E-state index in [2.05, 4.69) is 32.9 Å². The zero-order chi connectivity index (χ0) is 14.9. The van der Waals surface area contributed by atoms with Crippen molar-refractivity contribution in [1.29, 1.82) is 0 Å². The highest BCUT2D eigenvalue weighted by atomic mass is 16.1. The topological polar surface area (TPSA) is 43.1 Å². The third-order valence-electron chi connectivity index (χ3n) is 5.19. The molecule has 110 valence electrons. The van der Waals surface area contributed by atoms with Crippen LogP contribution in [0.4, 0.5) is 0 Å². The van der Waals surface area contributed by atoms with E-state index in [-0.39, 0.29) is 11.2 Å². The molecule has 2 heteroatoms. The predicted octanol–water partition coefficient (Wildman–Crippen LogP) is 3.95. The molecule has 2 N–H and O–H groups in total. The molecule has 0 saturated heterocycles. The summed E-state index contributed by atoms with van der Waals surface area (Å²) in [6.45, 7) is 8.95. The Balaban J connectivity index is 2.36. The quantitative estimate of drug-likeness (QED) is 0.847. The van der Waals surface area contributed by atoms with Crippen LogP contribution in [0.15, 0.2) is 12.1 Å². The van der Waals surface area contributed by atoms with Crippen molar-refractivity contribution in [2.45, 2.75) is 53.4 Å². The van der Waals surface area contributed by atoms with E-state index in [0.29, 0.717) is 6.54 Å². The molecule has 0 amide bonds. The summed E-state index contributed by atoms with van der Waals surface area (Å²) in [5, 5.41) is 0. The lowest BCUT2D eigenvalue weighted by Crippen LogP contribution is -2.42. The van der Waals surface area contributed by atoms with Crippen LogP contribution in [0.1, 0.15) is 59.7 Å². The summed E-state index contributed by atoms with van der Waals surface area (Å²) in [5.41, 5.74) is 10.1. The third-order valence-corrected chi connectivity index (χ3v) is 5.19. The van der Waals surface area contributed by atoms with Gasteiger partial charge in [-0.2, -0.15) is 0 Å². The second kappa shape index (κ2) is 5.69. The molecule has 2 rings (SSSR count). The summed E-state index contributed by atoms with van der Waals surface area (Å²) in [7, 11) is 0. The molecular weight excluding hydrogens is 246 g/mol. The molecule has 2 nitrogen and oxygen atoms in total. The zero-order valence-electron chi connectivity index (χ0n) is 13.3. The zero-order valence-corrected chi connectivity index (χ0v) is 13.3. The Kier molecular flexibility index (Phi) is 4.33. The van der Waals surface area contributed by atoms with Crippen molar-refractivity contribution in [3.05, 3.63) is 34.4 Å². The Hall–Kier alpha value is -1.15. The highest BCUT2D eigenvalue weighted by Gasteiger charge is 2.40. The smallest absolute Gasteiger partial charge is 0.170 e. The standard InChI is InChI=1S/C18H27NO/c1-12-5-7-18(11-19,8-6-12)17(20)16-10-14(3)13(2)9-15(16)4/h9-10,12H,5-8,11,19H2,1-4H3. The van der Waals surface area contributed by atoms with Gasteiger partial charge in [0.05, 0.1) is 0 Å². The number of Topliss-reactive ketones (excluding diaryl/α,β-unsaturated/α-hetero) is 1. The van der Waals surface area contributed by atoms with Crippen LogP contribution in [0.25, 0.3) is 0 Å². The molecule has 0 bridgehead atoms. The maximum atomic E-state index is 13.1. The summed E-state index contributed by atoms with van der Waals surface area (Å²) in [5.74, 6) is 0.996. The summed E-state index contributed by atoms with van der Waals surface area (Å²) >= 11 is 0. The Morgan fingerprint density at radius 3 is 2.25 bits per heavy atom. The van der Waals surface area contributed by atoms with Gasteiger partial charge < -0.3 is 5.73 Å². The summed E-state index contributed by atoms with van der Waals surface area (Å²) in [6.07, 6.45) is 4.12. The van der Waals surface area contributed by atoms with Crippen LogP contribution < -0.4 is 5.73 Å². The number of rotatable bonds is 3. The van der Waals surface area contributed by atoms with Crippen LogP contribution in [0.2, 0.25) is 0 Å². The van der Waals surface area contributed by atoms with E-state index in [1.54, 1.807) is 0 Å². The number of benzene rings is 1. The second-order valence-corrected chi connectivity index (χ2v) is 6.75. The summed E-state index contributed by atoms with van der Waals surface area (Å²) in [6, 6.07) is 4.18. The van der Waals surface area contributed by atoms with Crippen molar-refractivity contribution in [3.63, 3.8) is 0 Å². The molecule has 0 aromatic heterocycles. The molecule has 0 radical (unpaired) electrons. The normalized spacial score (nSPS) is 26.6. The van der Waals surface area contributed by atoms with Crippen LogP contribution in [-0.4, -0.2) is 12.3 Å². The molecule has 0 unspecified atom stereocenters. The lowest BCUT2D eigenvalue weighted by Gasteiger charge is -2.37. The van der Waals surface area contributed by atoms with Crippen molar-refractivity contribution >= 4 is 5.78 Å². The van der Waals surface area contributed by atoms with E-state index >= 15 is 0 Å². The third kappa shape index (κ3) is 2.67. The molecule has 0 atom stereocenters. The van der Waals surface area contributed by atoms with Crippen LogP contribution >= 0.6 is 0 Å². The van der Waals surface area contributed by atoms with Gasteiger partial charge >= 0.3 is 0 Å². The molecule has 1 aliphatic rings. The largest absolute Gasteiger partial charge is 0.329 e. The van der Waals surface area contributed by atoms with Gasteiger partial charge in [0.2, 0.25) is 0 Å². The highest BCUT2D eigenvalue weighted by molar-refractivity contribution is 6.02. The lowest BCUT2D eigenvalue weighted by atomic mass is 9.66.